The number of benzene rings is 2. The van der Waals surface area contributed by atoms with Crippen LogP contribution >= 0.6 is 15.9 Å². The molecule has 10 heteroatoms. The van der Waals surface area contributed by atoms with Gasteiger partial charge in [-0.2, -0.15) is 26.3 Å². The molecule has 0 atom stereocenters. The Kier molecular flexibility index (Phi) is 5.63. The molecule has 0 aromatic heterocycles. The summed E-state index contributed by atoms with van der Waals surface area (Å²) in [7, 11) is 1.19. The molecule has 2 rings (SSSR count). The first-order chi connectivity index (χ1) is 12.3. The van der Waals surface area contributed by atoms with Gasteiger partial charge in [-0.05, 0) is 23.3 Å². The molecule has 0 saturated heterocycles. The molecule has 0 radical (unpaired) electrons. The van der Waals surface area contributed by atoms with Crippen LogP contribution in [0.5, 0.6) is 0 Å². The summed E-state index contributed by atoms with van der Waals surface area (Å²) >= 11 is 3.19. The molecule has 146 valence electrons. The molecule has 2 aromatic carbocycles. The van der Waals surface area contributed by atoms with Gasteiger partial charge < -0.3 is 9.84 Å². The molecule has 0 saturated carbocycles. The first-order valence-electron chi connectivity index (χ1n) is 7.17. The SMILES string of the molecule is COC(=O)c1ccc(-c2ccc(C(O)(C(F)(F)F)C(F)(F)F)cc2)c(Br)c1. The highest BCUT2D eigenvalue weighted by Crippen LogP contribution is 2.50. The van der Waals surface area contributed by atoms with E-state index in [2.05, 4.69) is 20.7 Å². The van der Waals surface area contributed by atoms with Crippen LogP contribution in [0.1, 0.15) is 15.9 Å². The summed E-state index contributed by atoms with van der Waals surface area (Å²) in [5.74, 6) is -0.613. The van der Waals surface area contributed by atoms with Crippen LogP contribution < -0.4 is 0 Å². The summed E-state index contributed by atoms with van der Waals surface area (Å²) in [4.78, 5) is 11.5. The van der Waals surface area contributed by atoms with Crippen molar-refractivity contribution in [3.8, 4) is 11.1 Å². The van der Waals surface area contributed by atoms with Gasteiger partial charge in [-0.1, -0.05) is 46.3 Å². The van der Waals surface area contributed by atoms with Gasteiger partial charge in [0.25, 0.3) is 5.60 Å². The van der Waals surface area contributed by atoms with Gasteiger partial charge in [0.05, 0.1) is 12.7 Å². The van der Waals surface area contributed by atoms with E-state index < -0.39 is 29.5 Å². The molecule has 0 unspecified atom stereocenters. The van der Waals surface area contributed by atoms with Crippen LogP contribution in [0, 0.1) is 0 Å². The van der Waals surface area contributed by atoms with Crippen LogP contribution in [-0.4, -0.2) is 30.5 Å². The highest BCUT2D eigenvalue weighted by molar-refractivity contribution is 9.10. The zero-order valence-electron chi connectivity index (χ0n) is 13.5. The number of alkyl halides is 6. The fraction of sp³-hybridized carbons (Fsp3) is 0.235. The van der Waals surface area contributed by atoms with Crippen molar-refractivity contribution in [1.29, 1.82) is 0 Å². The molecule has 0 aliphatic heterocycles. The highest BCUT2D eigenvalue weighted by atomic mass is 79.9. The normalized spacial score (nSPS) is 12.8. The number of carbonyl (C=O) groups is 1. The van der Waals surface area contributed by atoms with E-state index in [1.807, 2.05) is 0 Å². The van der Waals surface area contributed by atoms with E-state index in [-0.39, 0.29) is 11.1 Å². The summed E-state index contributed by atoms with van der Waals surface area (Å²) in [5, 5.41) is 9.39. The van der Waals surface area contributed by atoms with Gasteiger partial charge in [-0.25, -0.2) is 4.79 Å². The molecule has 0 spiro atoms. The molecule has 0 aliphatic carbocycles. The molecule has 1 N–H and O–H groups in total. The van der Waals surface area contributed by atoms with Crippen molar-refractivity contribution < 1.29 is 41.0 Å². The van der Waals surface area contributed by atoms with Gasteiger partial charge in [0.1, 0.15) is 0 Å². The van der Waals surface area contributed by atoms with Crippen molar-refractivity contribution >= 4 is 21.9 Å². The molecule has 3 nitrogen and oxygen atoms in total. The van der Waals surface area contributed by atoms with Gasteiger partial charge in [-0.3, -0.25) is 0 Å². The lowest BCUT2D eigenvalue weighted by atomic mass is 9.90. The molecule has 27 heavy (non-hydrogen) atoms. The Morgan fingerprint density at radius 1 is 0.963 bits per heavy atom. The number of esters is 1. The average molecular weight is 457 g/mol. The monoisotopic (exact) mass is 456 g/mol. The van der Waals surface area contributed by atoms with Gasteiger partial charge in [0.15, 0.2) is 0 Å². The Morgan fingerprint density at radius 2 is 1.48 bits per heavy atom. The van der Waals surface area contributed by atoms with E-state index in [4.69, 9.17) is 0 Å². The molecule has 0 bridgehead atoms. The van der Waals surface area contributed by atoms with E-state index in [1.165, 1.54) is 25.3 Å². The van der Waals surface area contributed by atoms with Crippen molar-refractivity contribution in [2.45, 2.75) is 18.0 Å². The third kappa shape index (κ3) is 3.81. The van der Waals surface area contributed by atoms with Crippen molar-refractivity contribution in [2.24, 2.45) is 0 Å². The van der Waals surface area contributed by atoms with Crippen LogP contribution in [0.3, 0.4) is 0 Å². The maximum absolute atomic E-state index is 12.9. The molecule has 0 heterocycles. The van der Waals surface area contributed by atoms with Gasteiger partial charge in [0.2, 0.25) is 0 Å². The standard InChI is InChI=1S/C17H11BrF6O3/c1-27-14(25)10-4-7-12(13(18)8-10)9-2-5-11(6-3-9)15(26,16(19,20)21)17(22,23)24/h2-8,26H,1H3. The number of carbonyl (C=O) groups excluding carboxylic acids is 1. The van der Waals surface area contributed by atoms with E-state index >= 15 is 0 Å². The van der Waals surface area contributed by atoms with Crippen LogP contribution in [0.15, 0.2) is 46.9 Å². The minimum atomic E-state index is -5.95. The van der Waals surface area contributed by atoms with Crippen molar-refractivity contribution in [2.75, 3.05) is 7.11 Å². The number of hydrogen-bond acceptors (Lipinski definition) is 3. The Balaban J connectivity index is 2.47. The second-order valence-corrected chi connectivity index (χ2v) is 6.32. The topological polar surface area (TPSA) is 46.5 Å². The minimum Gasteiger partial charge on any atom is -0.465 e. The molecule has 0 amide bonds. The lowest BCUT2D eigenvalue weighted by molar-refractivity contribution is -0.376. The fourth-order valence-corrected chi connectivity index (χ4v) is 2.98. The predicted octanol–water partition coefficient (Wildman–Crippen LogP) is 5.21. The molecular formula is C17H11BrF6O3. The van der Waals surface area contributed by atoms with Crippen molar-refractivity contribution in [3.63, 3.8) is 0 Å². The minimum absolute atomic E-state index is 0.202. The Hall–Kier alpha value is -2.07. The molecule has 0 fully saturated rings. The highest BCUT2D eigenvalue weighted by Gasteiger charge is 2.71. The Morgan fingerprint density at radius 3 is 1.89 bits per heavy atom. The lowest BCUT2D eigenvalue weighted by Gasteiger charge is -2.32. The summed E-state index contributed by atoms with van der Waals surface area (Å²) in [6.45, 7) is 0. The largest absolute Gasteiger partial charge is 0.465 e. The molecular weight excluding hydrogens is 446 g/mol. The van der Waals surface area contributed by atoms with Gasteiger partial charge in [0, 0.05) is 10.0 Å². The van der Waals surface area contributed by atoms with E-state index in [9.17, 15) is 36.2 Å². The lowest BCUT2D eigenvalue weighted by Crippen LogP contribution is -2.53. The molecule has 0 aliphatic rings. The maximum atomic E-state index is 12.9. The first-order valence-corrected chi connectivity index (χ1v) is 7.97. The quantitative estimate of drug-likeness (QED) is 0.509. The number of hydrogen-bond donors (Lipinski definition) is 1. The van der Waals surface area contributed by atoms with Crippen molar-refractivity contribution in [1.82, 2.24) is 0 Å². The van der Waals surface area contributed by atoms with Gasteiger partial charge in [-0.15, -0.1) is 0 Å². The van der Waals surface area contributed by atoms with Gasteiger partial charge >= 0.3 is 18.3 Å². The smallest absolute Gasteiger partial charge is 0.430 e. The number of rotatable bonds is 3. The first kappa shape index (κ1) is 21.2. The zero-order chi connectivity index (χ0) is 20.6. The average Bonchev–Trinajstić information content (AvgIpc) is 2.58. The number of aliphatic hydroxyl groups is 1. The van der Waals surface area contributed by atoms with Crippen molar-refractivity contribution in [3.05, 3.63) is 58.1 Å². The fourth-order valence-electron chi connectivity index (χ4n) is 2.37. The van der Waals surface area contributed by atoms with E-state index in [0.29, 0.717) is 22.2 Å². The van der Waals surface area contributed by atoms with Crippen LogP contribution in [0.25, 0.3) is 11.1 Å². The maximum Gasteiger partial charge on any atom is 0.430 e. The predicted molar refractivity (Wildman–Crippen MR) is 86.9 cm³/mol. The summed E-state index contributed by atoms with van der Waals surface area (Å²) in [6.07, 6.45) is -11.9. The van der Waals surface area contributed by atoms with E-state index in [0.717, 1.165) is 12.1 Å². The third-order valence-corrected chi connectivity index (χ3v) is 4.48. The number of ether oxygens (including phenoxy) is 1. The summed E-state index contributed by atoms with van der Waals surface area (Å²) in [6, 6.07) is 7.36. The third-order valence-electron chi connectivity index (χ3n) is 3.82. The second-order valence-electron chi connectivity index (χ2n) is 5.47. The second kappa shape index (κ2) is 7.16. The van der Waals surface area contributed by atoms with E-state index in [1.54, 1.807) is 0 Å². The summed E-state index contributed by atoms with van der Waals surface area (Å²) in [5.41, 5.74) is -5.45. The summed E-state index contributed by atoms with van der Waals surface area (Å²) < 4.78 is 82.4. The van der Waals surface area contributed by atoms with Crippen LogP contribution in [0.2, 0.25) is 0 Å². The number of halogens is 7. The molecule has 2 aromatic rings. The van der Waals surface area contributed by atoms with Crippen LogP contribution in [-0.2, 0) is 10.3 Å². The number of methoxy groups -OCH3 is 1. The zero-order valence-corrected chi connectivity index (χ0v) is 15.0. The van der Waals surface area contributed by atoms with Crippen LogP contribution in [0.4, 0.5) is 26.3 Å². The Bertz CT molecular complexity index is 829. The Labute approximate surface area is 157 Å².